The van der Waals surface area contributed by atoms with E-state index in [4.69, 9.17) is 5.73 Å². The third-order valence-electron chi connectivity index (χ3n) is 3.45. The fraction of sp³-hybridized carbons (Fsp3) is 0.562. The minimum absolute atomic E-state index is 0.0232. The van der Waals surface area contributed by atoms with Crippen LogP contribution >= 0.6 is 0 Å². The largest absolute Gasteiger partial charge is 0.330 e. The van der Waals surface area contributed by atoms with Crippen LogP contribution in [0.5, 0.6) is 0 Å². The highest BCUT2D eigenvalue weighted by Gasteiger charge is 2.18. The molecule has 3 N–H and O–H groups in total. The lowest BCUT2D eigenvalue weighted by molar-refractivity contribution is -0.120. The van der Waals surface area contributed by atoms with Gasteiger partial charge in [0, 0.05) is 11.6 Å². The number of hydrogen-bond donors (Lipinski definition) is 2. The standard InChI is InChI=1S/C16H26N2O/c1-5-6-14(7-8-17)16(19)18-15-12(3)9-11(2)10-13(15)4/h9-10,14H,5-8,17H2,1-4H3,(H,18,19). The van der Waals surface area contributed by atoms with Crippen LogP contribution < -0.4 is 11.1 Å². The molecule has 0 radical (unpaired) electrons. The first-order valence-corrected chi connectivity index (χ1v) is 7.08. The van der Waals surface area contributed by atoms with Crippen molar-refractivity contribution in [2.45, 2.75) is 47.0 Å². The van der Waals surface area contributed by atoms with Crippen molar-refractivity contribution in [3.63, 3.8) is 0 Å². The Kier molecular flexibility index (Phi) is 6.03. The van der Waals surface area contributed by atoms with Crippen molar-refractivity contribution < 1.29 is 4.79 Å². The molecule has 0 aliphatic rings. The molecule has 0 bridgehead atoms. The molecule has 1 rings (SSSR count). The zero-order valence-corrected chi connectivity index (χ0v) is 12.5. The van der Waals surface area contributed by atoms with Crippen molar-refractivity contribution in [3.05, 3.63) is 28.8 Å². The van der Waals surface area contributed by atoms with Gasteiger partial charge in [-0.3, -0.25) is 4.79 Å². The van der Waals surface area contributed by atoms with E-state index in [1.807, 2.05) is 13.8 Å². The number of nitrogens with two attached hydrogens (primary N) is 1. The van der Waals surface area contributed by atoms with Crippen molar-refractivity contribution in [2.75, 3.05) is 11.9 Å². The first-order valence-electron chi connectivity index (χ1n) is 7.08. The number of carbonyl (C=O) groups excluding carboxylic acids is 1. The molecule has 106 valence electrons. The number of hydrogen-bond acceptors (Lipinski definition) is 2. The van der Waals surface area contributed by atoms with Crippen LogP contribution in [-0.4, -0.2) is 12.5 Å². The highest BCUT2D eigenvalue weighted by Crippen LogP contribution is 2.23. The molecule has 0 aliphatic carbocycles. The van der Waals surface area contributed by atoms with Crippen LogP contribution in [0, 0.1) is 26.7 Å². The highest BCUT2D eigenvalue weighted by atomic mass is 16.1. The Morgan fingerprint density at radius 1 is 1.21 bits per heavy atom. The molecular formula is C16H26N2O. The van der Waals surface area contributed by atoms with E-state index in [-0.39, 0.29) is 11.8 Å². The topological polar surface area (TPSA) is 55.1 Å². The summed E-state index contributed by atoms with van der Waals surface area (Å²) in [6, 6.07) is 4.20. The van der Waals surface area contributed by atoms with Gasteiger partial charge in [0.25, 0.3) is 0 Å². The number of nitrogens with one attached hydrogen (secondary N) is 1. The Morgan fingerprint density at radius 3 is 2.26 bits per heavy atom. The second-order valence-corrected chi connectivity index (χ2v) is 5.33. The molecule has 0 aliphatic heterocycles. The lowest BCUT2D eigenvalue weighted by Gasteiger charge is -2.18. The summed E-state index contributed by atoms with van der Waals surface area (Å²) in [6.45, 7) is 8.80. The highest BCUT2D eigenvalue weighted by molar-refractivity contribution is 5.94. The molecule has 3 heteroatoms. The third-order valence-corrected chi connectivity index (χ3v) is 3.45. The van der Waals surface area contributed by atoms with E-state index >= 15 is 0 Å². The van der Waals surface area contributed by atoms with Crippen LogP contribution in [0.4, 0.5) is 5.69 Å². The van der Waals surface area contributed by atoms with Gasteiger partial charge in [0.2, 0.25) is 5.91 Å². The molecule has 0 spiro atoms. The fourth-order valence-electron chi connectivity index (χ4n) is 2.56. The first-order chi connectivity index (χ1) is 8.99. The summed E-state index contributed by atoms with van der Waals surface area (Å²) in [6.07, 6.45) is 2.65. The van der Waals surface area contributed by atoms with Gasteiger partial charge in [-0.2, -0.15) is 0 Å². The molecule has 0 aromatic heterocycles. The maximum Gasteiger partial charge on any atom is 0.227 e. The molecule has 1 atom stereocenters. The Morgan fingerprint density at radius 2 is 1.79 bits per heavy atom. The molecule has 3 nitrogen and oxygen atoms in total. The second-order valence-electron chi connectivity index (χ2n) is 5.33. The molecular weight excluding hydrogens is 236 g/mol. The Balaban J connectivity index is 2.86. The van der Waals surface area contributed by atoms with Crippen molar-refractivity contribution in [1.82, 2.24) is 0 Å². The lowest BCUT2D eigenvalue weighted by Crippen LogP contribution is -2.25. The van der Waals surface area contributed by atoms with E-state index in [0.29, 0.717) is 6.54 Å². The Bertz CT molecular complexity index is 411. The minimum atomic E-state index is 0.0232. The average Bonchev–Trinajstić information content (AvgIpc) is 2.33. The van der Waals surface area contributed by atoms with E-state index in [2.05, 4.69) is 31.3 Å². The second kappa shape index (κ2) is 7.29. The smallest absolute Gasteiger partial charge is 0.227 e. The maximum absolute atomic E-state index is 12.3. The molecule has 1 aromatic carbocycles. The number of aryl methyl sites for hydroxylation is 3. The van der Waals surface area contributed by atoms with E-state index in [1.165, 1.54) is 5.56 Å². The first kappa shape index (κ1) is 15.7. The number of amides is 1. The summed E-state index contributed by atoms with van der Waals surface area (Å²) < 4.78 is 0. The van der Waals surface area contributed by atoms with E-state index in [9.17, 15) is 4.79 Å². The van der Waals surface area contributed by atoms with Crippen LogP contribution in [0.1, 0.15) is 42.9 Å². The van der Waals surface area contributed by atoms with Gasteiger partial charge in [-0.25, -0.2) is 0 Å². The maximum atomic E-state index is 12.3. The Hall–Kier alpha value is -1.35. The average molecular weight is 262 g/mol. The van der Waals surface area contributed by atoms with Gasteiger partial charge in [0.1, 0.15) is 0 Å². The molecule has 0 fully saturated rings. The summed E-state index contributed by atoms with van der Waals surface area (Å²) >= 11 is 0. The van der Waals surface area contributed by atoms with Crippen LogP contribution in [0.25, 0.3) is 0 Å². The van der Waals surface area contributed by atoms with Crippen LogP contribution in [0.3, 0.4) is 0 Å². The minimum Gasteiger partial charge on any atom is -0.330 e. The molecule has 0 heterocycles. The predicted octanol–water partition coefficient (Wildman–Crippen LogP) is 3.32. The molecule has 0 saturated heterocycles. The van der Waals surface area contributed by atoms with Gasteiger partial charge >= 0.3 is 0 Å². The zero-order chi connectivity index (χ0) is 14.4. The number of benzene rings is 1. The number of carbonyl (C=O) groups is 1. The monoisotopic (exact) mass is 262 g/mol. The van der Waals surface area contributed by atoms with E-state index in [0.717, 1.165) is 36.1 Å². The van der Waals surface area contributed by atoms with Gasteiger partial charge in [0.05, 0.1) is 0 Å². The molecule has 19 heavy (non-hydrogen) atoms. The van der Waals surface area contributed by atoms with Gasteiger partial charge < -0.3 is 11.1 Å². The quantitative estimate of drug-likeness (QED) is 0.826. The molecule has 1 aromatic rings. The van der Waals surface area contributed by atoms with Crippen LogP contribution in [0.15, 0.2) is 12.1 Å². The summed E-state index contributed by atoms with van der Waals surface area (Å²) in [7, 11) is 0. The van der Waals surface area contributed by atoms with Gasteiger partial charge in [-0.05, 0) is 51.3 Å². The summed E-state index contributed by atoms with van der Waals surface area (Å²) in [5.74, 6) is 0.123. The zero-order valence-electron chi connectivity index (χ0n) is 12.5. The van der Waals surface area contributed by atoms with E-state index in [1.54, 1.807) is 0 Å². The van der Waals surface area contributed by atoms with Crippen molar-refractivity contribution in [2.24, 2.45) is 11.7 Å². The van der Waals surface area contributed by atoms with Crippen molar-refractivity contribution in [1.29, 1.82) is 0 Å². The normalized spacial score (nSPS) is 12.3. The van der Waals surface area contributed by atoms with Gasteiger partial charge in [-0.1, -0.05) is 31.0 Å². The van der Waals surface area contributed by atoms with Crippen molar-refractivity contribution >= 4 is 11.6 Å². The Labute approximate surface area is 116 Å². The number of rotatable bonds is 6. The van der Waals surface area contributed by atoms with Crippen molar-refractivity contribution in [3.8, 4) is 0 Å². The van der Waals surface area contributed by atoms with E-state index < -0.39 is 0 Å². The summed E-state index contributed by atoms with van der Waals surface area (Å²) in [5, 5.41) is 3.08. The third kappa shape index (κ3) is 4.35. The summed E-state index contributed by atoms with van der Waals surface area (Å²) in [5.41, 5.74) is 10.0. The molecule has 1 amide bonds. The predicted molar refractivity (Wildman–Crippen MR) is 81.4 cm³/mol. The van der Waals surface area contributed by atoms with Gasteiger partial charge in [-0.15, -0.1) is 0 Å². The molecule has 1 unspecified atom stereocenters. The van der Waals surface area contributed by atoms with Gasteiger partial charge in [0.15, 0.2) is 0 Å². The fourth-order valence-corrected chi connectivity index (χ4v) is 2.56. The SMILES string of the molecule is CCCC(CCN)C(=O)Nc1c(C)cc(C)cc1C. The van der Waals surface area contributed by atoms with Crippen LogP contribution in [0.2, 0.25) is 0 Å². The van der Waals surface area contributed by atoms with Crippen LogP contribution in [-0.2, 0) is 4.79 Å². The lowest BCUT2D eigenvalue weighted by atomic mass is 9.98. The molecule has 0 saturated carbocycles. The summed E-state index contributed by atoms with van der Waals surface area (Å²) in [4.78, 5) is 12.3. The number of anilines is 1.